The van der Waals surface area contributed by atoms with Gasteiger partial charge in [-0.15, -0.1) is 0 Å². The second-order valence-electron chi connectivity index (χ2n) is 5.38. The number of allylic oxidation sites excluding steroid dienone is 3. The number of methoxy groups -OCH3 is 1. The number of esters is 2. The summed E-state index contributed by atoms with van der Waals surface area (Å²) in [5.41, 5.74) is -0.180. The van der Waals surface area contributed by atoms with E-state index in [1.165, 1.54) is 0 Å². The van der Waals surface area contributed by atoms with Crippen molar-refractivity contribution in [2.24, 2.45) is 11.3 Å². The largest absolute Gasteiger partial charge is 0.465 e. The summed E-state index contributed by atoms with van der Waals surface area (Å²) in [6.45, 7) is 4.50. The standard InChI is InChI=1S/C17H26O5/c1-4-21-15(18)14(16(19)22-5-2)9-12-17(13-20-3)10-7-6-8-11-17/h6-8,10,14H,4-5,9,11-13H2,1-3H3. The Hall–Kier alpha value is -1.62. The van der Waals surface area contributed by atoms with Gasteiger partial charge >= 0.3 is 11.9 Å². The molecule has 0 N–H and O–H groups in total. The van der Waals surface area contributed by atoms with E-state index in [1.807, 2.05) is 12.2 Å². The molecule has 22 heavy (non-hydrogen) atoms. The van der Waals surface area contributed by atoms with Crippen LogP contribution in [0.25, 0.3) is 0 Å². The van der Waals surface area contributed by atoms with Gasteiger partial charge in [0.05, 0.1) is 19.8 Å². The maximum Gasteiger partial charge on any atom is 0.320 e. The van der Waals surface area contributed by atoms with Crippen LogP contribution in [0.15, 0.2) is 24.3 Å². The van der Waals surface area contributed by atoms with Gasteiger partial charge in [0, 0.05) is 12.5 Å². The third-order valence-corrected chi connectivity index (χ3v) is 3.73. The van der Waals surface area contributed by atoms with E-state index < -0.39 is 17.9 Å². The van der Waals surface area contributed by atoms with Gasteiger partial charge in [-0.3, -0.25) is 9.59 Å². The zero-order chi connectivity index (χ0) is 16.4. The van der Waals surface area contributed by atoms with Crippen LogP contribution in [0, 0.1) is 11.3 Å². The Labute approximate surface area is 132 Å². The van der Waals surface area contributed by atoms with Gasteiger partial charge in [-0.1, -0.05) is 24.3 Å². The van der Waals surface area contributed by atoms with Crippen LogP contribution in [0.3, 0.4) is 0 Å². The van der Waals surface area contributed by atoms with Crippen molar-refractivity contribution < 1.29 is 23.8 Å². The number of rotatable bonds is 9. The summed E-state index contributed by atoms with van der Waals surface area (Å²) in [6, 6.07) is 0. The van der Waals surface area contributed by atoms with Gasteiger partial charge in [0.15, 0.2) is 5.92 Å². The second kappa shape index (κ2) is 9.41. The summed E-state index contributed by atoms with van der Waals surface area (Å²) in [5.74, 6) is -1.89. The summed E-state index contributed by atoms with van der Waals surface area (Å²) in [7, 11) is 1.65. The minimum Gasteiger partial charge on any atom is -0.465 e. The van der Waals surface area contributed by atoms with E-state index in [9.17, 15) is 9.59 Å². The number of carbonyl (C=O) groups is 2. The van der Waals surface area contributed by atoms with Crippen molar-refractivity contribution in [3.8, 4) is 0 Å². The molecule has 0 aromatic heterocycles. The lowest BCUT2D eigenvalue weighted by atomic mass is 9.76. The number of ether oxygens (including phenoxy) is 3. The summed E-state index contributed by atoms with van der Waals surface area (Å²) in [6.07, 6.45) is 10.00. The fourth-order valence-corrected chi connectivity index (χ4v) is 2.61. The normalized spacial score (nSPS) is 20.2. The summed E-state index contributed by atoms with van der Waals surface area (Å²) in [5, 5.41) is 0. The van der Waals surface area contributed by atoms with E-state index in [1.54, 1.807) is 21.0 Å². The van der Waals surface area contributed by atoms with E-state index in [4.69, 9.17) is 14.2 Å². The molecule has 0 aromatic rings. The van der Waals surface area contributed by atoms with Gasteiger partial charge in [-0.2, -0.15) is 0 Å². The van der Waals surface area contributed by atoms with Gasteiger partial charge in [-0.25, -0.2) is 0 Å². The van der Waals surface area contributed by atoms with E-state index in [0.717, 1.165) is 6.42 Å². The monoisotopic (exact) mass is 310 g/mol. The van der Waals surface area contributed by atoms with Crippen LogP contribution in [-0.4, -0.2) is 38.9 Å². The minimum atomic E-state index is -0.868. The fourth-order valence-electron chi connectivity index (χ4n) is 2.61. The second-order valence-corrected chi connectivity index (χ2v) is 5.38. The Balaban J connectivity index is 2.75. The van der Waals surface area contributed by atoms with Gasteiger partial charge in [0.25, 0.3) is 0 Å². The topological polar surface area (TPSA) is 61.8 Å². The van der Waals surface area contributed by atoms with E-state index in [-0.39, 0.29) is 18.6 Å². The van der Waals surface area contributed by atoms with Crippen molar-refractivity contribution >= 4 is 11.9 Å². The molecular weight excluding hydrogens is 284 g/mol. The smallest absolute Gasteiger partial charge is 0.320 e. The maximum atomic E-state index is 12.0. The minimum absolute atomic E-state index is 0.180. The molecule has 124 valence electrons. The third kappa shape index (κ3) is 5.30. The SMILES string of the molecule is CCOC(=O)C(CCC1(COC)C=CC=CC1)C(=O)OCC. The van der Waals surface area contributed by atoms with Crippen molar-refractivity contribution in [2.75, 3.05) is 26.9 Å². The summed E-state index contributed by atoms with van der Waals surface area (Å²) >= 11 is 0. The number of carbonyl (C=O) groups excluding carboxylic acids is 2. The highest BCUT2D eigenvalue weighted by Crippen LogP contribution is 2.35. The Morgan fingerprint density at radius 2 is 1.77 bits per heavy atom. The Kier molecular flexibility index (Phi) is 7.88. The number of hydrogen-bond acceptors (Lipinski definition) is 5. The van der Waals surface area contributed by atoms with Crippen LogP contribution < -0.4 is 0 Å². The first kappa shape index (κ1) is 18.4. The molecule has 0 bridgehead atoms. The zero-order valence-corrected chi connectivity index (χ0v) is 13.7. The van der Waals surface area contributed by atoms with E-state index >= 15 is 0 Å². The average Bonchev–Trinajstić information content (AvgIpc) is 2.49. The summed E-state index contributed by atoms with van der Waals surface area (Å²) in [4.78, 5) is 24.0. The zero-order valence-electron chi connectivity index (χ0n) is 13.7. The van der Waals surface area contributed by atoms with Crippen molar-refractivity contribution in [3.05, 3.63) is 24.3 Å². The van der Waals surface area contributed by atoms with E-state index in [2.05, 4.69) is 12.2 Å². The first-order valence-electron chi connectivity index (χ1n) is 7.75. The highest BCUT2D eigenvalue weighted by atomic mass is 16.6. The predicted octanol–water partition coefficient (Wildman–Crippen LogP) is 2.66. The molecule has 1 aliphatic carbocycles. The van der Waals surface area contributed by atoms with E-state index in [0.29, 0.717) is 19.4 Å². The lowest BCUT2D eigenvalue weighted by molar-refractivity contribution is -0.162. The Bertz CT molecular complexity index is 409. The quantitative estimate of drug-likeness (QED) is 0.484. The molecule has 1 atom stereocenters. The molecule has 0 saturated heterocycles. The molecule has 0 heterocycles. The van der Waals surface area contributed by atoms with Crippen molar-refractivity contribution in [1.82, 2.24) is 0 Å². The molecular formula is C17H26O5. The lowest BCUT2D eigenvalue weighted by Gasteiger charge is -2.31. The molecule has 0 spiro atoms. The molecule has 0 aromatic carbocycles. The van der Waals surface area contributed by atoms with Crippen LogP contribution in [-0.2, 0) is 23.8 Å². The van der Waals surface area contributed by atoms with Crippen molar-refractivity contribution in [3.63, 3.8) is 0 Å². The molecule has 0 radical (unpaired) electrons. The van der Waals surface area contributed by atoms with Gasteiger partial charge < -0.3 is 14.2 Å². The molecule has 5 nitrogen and oxygen atoms in total. The van der Waals surface area contributed by atoms with Crippen LogP contribution in [0.5, 0.6) is 0 Å². The maximum absolute atomic E-state index is 12.0. The van der Waals surface area contributed by atoms with Gasteiger partial charge in [0.1, 0.15) is 0 Å². The highest BCUT2D eigenvalue weighted by molar-refractivity contribution is 5.94. The highest BCUT2D eigenvalue weighted by Gasteiger charge is 2.34. The van der Waals surface area contributed by atoms with Crippen molar-refractivity contribution in [2.45, 2.75) is 33.1 Å². The first-order valence-corrected chi connectivity index (χ1v) is 7.75. The molecule has 1 aliphatic rings. The molecule has 0 saturated carbocycles. The van der Waals surface area contributed by atoms with Crippen LogP contribution in [0.4, 0.5) is 0 Å². The van der Waals surface area contributed by atoms with Crippen molar-refractivity contribution in [1.29, 1.82) is 0 Å². The molecule has 5 heteroatoms. The Morgan fingerprint density at radius 3 is 2.23 bits per heavy atom. The van der Waals surface area contributed by atoms with Crippen LogP contribution in [0.2, 0.25) is 0 Å². The van der Waals surface area contributed by atoms with Crippen LogP contribution >= 0.6 is 0 Å². The Morgan fingerprint density at radius 1 is 1.14 bits per heavy atom. The molecule has 0 aliphatic heterocycles. The van der Waals surface area contributed by atoms with Gasteiger partial charge in [-0.05, 0) is 33.1 Å². The molecule has 1 rings (SSSR count). The average molecular weight is 310 g/mol. The molecule has 1 unspecified atom stereocenters. The third-order valence-electron chi connectivity index (χ3n) is 3.73. The first-order chi connectivity index (χ1) is 10.6. The lowest BCUT2D eigenvalue weighted by Crippen LogP contribution is -2.32. The molecule has 0 fully saturated rings. The van der Waals surface area contributed by atoms with Gasteiger partial charge in [0.2, 0.25) is 0 Å². The predicted molar refractivity (Wildman–Crippen MR) is 83.2 cm³/mol. The van der Waals surface area contributed by atoms with Crippen LogP contribution in [0.1, 0.15) is 33.1 Å². The molecule has 0 amide bonds. The summed E-state index contributed by atoms with van der Waals surface area (Å²) < 4.78 is 15.3. The fraction of sp³-hybridized carbons (Fsp3) is 0.647. The number of hydrogen-bond donors (Lipinski definition) is 0.